The Labute approximate surface area is 76.4 Å². The van der Waals surface area contributed by atoms with Gasteiger partial charge >= 0.3 is 0 Å². The molecule has 0 aliphatic heterocycles. The molecule has 0 spiro atoms. The van der Waals surface area contributed by atoms with Gasteiger partial charge in [-0.25, -0.2) is 0 Å². The van der Waals surface area contributed by atoms with Crippen molar-refractivity contribution in [3.8, 4) is 0 Å². The van der Waals surface area contributed by atoms with Crippen LogP contribution in [0.3, 0.4) is 0 Å². The Morgan fingerprint density at radius 3 is 2.42 bits per heavy atom. The van der Waals surface area contributed by atoms with E-state index in [1.54, 1.807) is 11.1 Å². The van der Waals surface area contributed by atoms with Gasteiger partial charge in [0, 0.05) is 0 Å². The third-order valence-electron chi connectivity index (χ3n) is 2.92. The van der Waals surface area contributed by atoms with Crippen molar-refractivity contribution in [2.24, 2.45) is 5.92 Å². The average Bonchev–Trinajstić information content (AvgIpc) is 2.16. The zero-order valence-electron chi connectivity index (χ0n) is 8.56. The molecule has 0 nitrogen and oxygen atoms in total. The molecule has 1 unspecified atom stereocenters. The van der Waals surface area contributed by atoms with E-state index in [0.717, 1.165) is 5.92 Å². The van der Waals surface area contributed by atoms with Gasteiger partial charge in [0.05, 0.1) is 0 Å². The highest BCUT2D eigenvalue weighted by Crippen LogP contribution is 2.30. The molecular formula is C12H20. The van der Waals surface area contributed by atoms with E-state index >= 15 is 0 Å². The molecule has 0 radical (unpaired) electrons. The minimum atomic E-state index is 0.843. The summed E-state index contributed by atoms with van der Waals surface area (Å²) in [5.41, 5.74) is 3.27. The lowest BCUT2D eigenvalue weighted by atomic mass is 9.83. The normalized spacial score (nSPS) is 23.4. The van der Waals surface area contributed by atoms with Crippen molar-refractivity contribution < 1.29 is 0 Å². The summed E-state index contributed by atoms with van der Waals surface area (Å²) in [6.07, 6.45) is 9.74. The SMILES string of the molecule is CCC1=CC=C(CC)C(CC)C1. The van der Waals surface area contributed by atoms with Crippen LogP contribution in [0.15, 0.2) is 23.3 Å². The molecule has 0 saturated heterocycles. The first-order chi connectivity index (χ1) is 5.81. The smallest absolute Gasteiger partial charge is 0.0165 e. The van der Waals surface area contributed by atoms with Gasteiger partial charge in [0.1, 0.15) is 0 Å². The third kappa shape index (κ3) is 2.00. The molecule has 1 aliphatic rings. The van der Waals surface area contributed by atoms with E-state index in [2.05, 4.69) is 32.9 Å². The molecule has 0 N–H and O–H groups in total. The van der Waals surface area contributed by atoms with Gasteiger partial charge in [0.2, 0.25) is 0 Å². The summed E-state index contributed by atoms with van der Waals surface area (Å²) in [6.45, 7) is 6.81. The van der Waals surface area contributed by atoms with Crippen molar-refractivity contribution in [2.75, 3.05) is 0 Å². The summed E-state index contributed by atoms with van der Waals surface area (Å²) < 4.78 is 0. The Morgan fingerprint density at radius 2 is 1.92 bits per heavy atom. The van der Waals surface area contributed by atoms with Crippen molar-refractivity contribution in [2.45, 2.75) is 46.5 Å². The second-order valence-corrected chi connectivity index (χ2v) is 3.58. The van der Waals surface area contributed by atoms with Crippen molar-refractivity contribution >= 4 is 0 Å². The van der Waals surface area contributed by atoms with Crippen LogP contribution in [0.5, 0.6) is 0 Å². The highest BCUT2D eigenvalue weighted by atomic mass is 14.2. The van der Waals surface area contributed by atoms with Gasteiger partial charge < -0.3 is 0 Å². The maximum atomic E-state index is 2.34. The van der Waals surface area contributed by atoms with Gasteiger partial charge in [-0.2, -0.15) is 0 Å². The van der Waals surface area contributed by atoms with Crippen LogP contribution in [0.2, 0.25) is 0 Å². The quantitative estimate of drug-likeness (QED) is 0.589. The fourth-order valence-electron chi connectivity index (χ4n) is 1.95. The van der Waals surface area contributed by atoms with Crippen LogP contribution in [-0.4, -0.2) is 0 Å². The molecule has 12 heavy (non-hydrogen) atoms. The van der Waals surface area contributed by atoms with Gasteiger partial charge in [0.15, 0.2) is 0 Å². The largest absolute Gasteiger partial charge is 0.0699 e. The molecular weight excluding hydrogens is 144 g/mol. The second-order valence-electron chi connectivity index (χ2n) is 3.58. The lowest BCUT2D eigenvalue weighted by Crippen LogP contribution is -2.07. The number of rotatable bonds is 3. The summed E-state index contributed by atoms with van der Waals surface area (Å²) in [5, 5.41) is 0. The monoisotopic (exact) mass is 164 g/mol. The average molecular weight is 164 g/mol. The summed E-state index contributed by atoms with van der Waals surface area (Å²) in [7, 11) is 0. The first-order valence-corrected chi connectivity index (χ1v) is 5.20. The van der Waals surface area contributed by atoms with Crippen LogP contribution < -0.4 is 0 Å². The molecule has 0 bridgehead atoms. The first kappa shape index (κ1) is 9.57. The van der Waals surface area contributed by atoms with Gasteiger partial charge in [0.25, 0.3) is 0 Å². The van der Waals surface area contributed by atoms with Gasteiger partial charge in [-0.05, 0) is 31.6 Å². The Balaban J connectivity index is 2.70. The van der Waals surface area contributed by atoms with Crippen molar-refractivity contribution in [1.29, 1.82) is 0 Å². The molecule has 0 aromatic heterocycles. The number of hydrogen-bond acceptors (Lipinski definition) is 0. The Kier molecular flexibility index (Phi) is 3.58. The van der Waals surface area contributed by atoms with Crippen LogP contribution in [-0.2, 0) is 0 Å². The van der Waals surface area contributed by atoms with E-state index in [9.17, 15) is 0 Å². The van der Waals surface area contributed by atoms with E-state index < -0.39 is 0 Å². The second kappa shape index (κ2) is 4.49. The first-order valence-electron chi connectivity index (χ1n) is 5.20. The van der Waals surface area contributed by atoms with Gasteiger partial charge in [-0.3, -0.25) is 0 Å². The predicted octanol–water partition coefficient (Wildman–Crippen LogP) is 4.09. The van der Waals surface area contributed by atoms with Crippen LogP contribution in [0, 0.1) is 5.92 Å². The van der Waals surface area contributed by atoms with Gasteiger partial charge in [-0.1, -0.05) is 44.1 Å². The fourth-order valence-corrected chi connectivity index (χ4v) is 1.95. The van der Waals surface area contributed by atoms with Crippen molar-refractivity contribution in [3.05, 3.63) is 23.3 Å². The van der Waals surface area contributed by atoms with Crippen molar-refractivity contribution in [3.63, 3.8) is 0 Å². The number of allylic oxidation sites excluding steroid dienone is 4. The minimum absolute atomic E-state index is 0.843. The van der Waals surface area contributed by atoms with Crippen LogP contribution in [0.1, 0.15) is 46.5 Å². The standard InChI is InChI=1S/C12H20/c1-4-10-7-8-11(5-2)12(6-3)9-10/h7-8,12H,4-6,9H2,1-3H3. The summed E-state index contributed by atoms with van der Waals surface area (Å²) in [5.74, 6) is 0.843. The summed E-state index contributed by atoms with van der Waals surface area (Å²) in [4.78, 5) is 0. The van der Waals surface area contributed by atoms with Crippen molar-refractivity contribution in [1.82, 2.24) is 0 Å². The van der Waals surface area contributed by atoms with E-state index in [-0.39, 0.29) is 0 Å². The molecule has 0 fully saturated rings. The molecule has 1 aliphatic carbocycles. The Hall–Kier alpha value is -0.520. The third-order valence-corrected chi connectivity index (χ3v) is 2.92. The minimum Gasteiger partial charge on any atom is -0.0699 e. The lowest BCUT2D eigenvalue weighted by molar-refractivity contribution is 0.554. The topological polar surface area (TPSA) is 0 Å². The van der Waals surface area contributed by atoms with E-state index in [4.69, 9.17) is 0 Å². The zero-order chi connectivity index (χ0) is 8.97. The Bertz CT molecular complexity index is 196. The highest BCUT2D eigenvalue weighted by Gasteiger charge is 2.14. The maximum Gasteiger partial charge on any atom is -0.0165 e. The molecule has 1 atom stereocenters. The van der Waals surface area contributed by atoms with Gasteiger partial charge in [-0.15, -0.1) is 0 Å². The molecule has 0 aromatic rings. The summed E-state index contributed by atoms with van der Waals surface area (Å²) in [6, 6.07) is 0. The van der Waals surface area contributed by atoms with Crippen LogP contribution in [0.4, 0.5) is 0 Å². The van der Waals surface area contributed by atoms with Crippen LogP contribution in [0.25, 0.3) is 0 Å². The summed E-state index contributed by atoms with van der Waals surface area (Å²) >= 11 is 0. The molecule has 0 amide bonds. The van der Waals surface area contributed by atoms with E-state index in [0.29, 0.717) is 0 Å². The molecule has 68 valence electrons. The number of hydrogen-bond donors (Lipinski definition) is 0. The highest BCUT2D eigenvalue weighted by molar-refractivity contribution is 5.26. The van der Waals surface area contributed by atoms with E-state index in [1.807, 2.05) is 0 Å². The van der Waals surface area contributed by atoms with E-state index in [1.165, 1.54) is 25.7 Å². The molecule has 0 heterocycles. The fraction of sp³-hybridized carbons (Fsp3) is 0.667. The maximum absolute atomic E-state index is 2.34. The van der Waals surface area contributed by atoms with Crippen LogP contribution >= 0.6 is 0 Å². The Morgan fingerprint density at radius 1 is 1.17 bits per heavy atom. The zero-order valence-corrected chi connectivity index (χ0v) is 8.56. The molecule has 1 rings (SSSR count). The lowest BCUT2D eigenvalue weighted by Gasteiger charge is -2.22. The predicted molar refractivity (Wildman–Crippen MR) is 55.1 cm³/mol. The molecule has 0 heteroatoms. The molecule has 0 aromatic carbocycles. The molecule has 0 saturated carbocycles.